The van der Waals surface area contributed by atoms with Gasteiger partial charge in [0.2, 0.25) is 23.6 Å². The van der Waals surface area contributed by atoms with Gasteiger partial charge in [0.25, 0.3) is 0 Å². The maximum atomic E-state index is 13.4. The highest BCUT2D eigenvalue weighted by Crippen LogP contribution is 2.32. The molecule has 0 aliphatic carbocycles. The van der Waals surface area contributed by atoms with Gasteiger partial charge in [0.1, 0.15) is 11.8 Å². The average molecular weight is 1110 g/mol. The molecule has 80 heavy (non-hydrogen) atoms. The van der Waals surface area contributed by atoms with E-state index in [0.717, 1.165) is 16.7 Å². The molecule has 3 aromatic rings. The molecular weight excluding hydrogens is 1030 g/mol. The number of ether oxygens (including phenoxy) is 5. The van der Waals surface area contributed by atoms with Crippen molar-refractivity contribution in [1.29, 1.82) is 0 Å². The molecule has 2 fully saturated rings. The number of nitrogens with zero attached hydrogens (tertiary/aromatic N) is 3. The summed E-state index contributed by atoms with van der Waals surface area (Å²) in [5, 5.41) is 21.0. The van der Waals surface area contributed by atoms with E-state index < -0.39 is 18.0 Å². The average Bonchev–Trinajstić information content (AvgIpc) is 3.54. The molecule has 0 bridgehead atoms. The molecule has 0 spiro atoms. The number of likely N-dealkylation sites (tertiary alicyclic amines) is 1. The van der Waals surface area contributed by atoms with Gasteiger partial charge in [-0.3, -0.25) is 24.0 Å². The number of hydrogen-bond acceptors (Lipinski definition) is 14. The zero-order valence-corrected chi connectivity index (χ0v) is 45.7. The second-order valence-electron chi connectivity index (χ2n) is 19.4. The molecule has 0 aromatic heterocycles. The number of carbonyl (C=O) groups excluding carboxylic acids is 6. The maximum Gasteiger partial charge on any atom is 0.323 e. The number of allylic oxidation sites excluding steroid dienone is 2. The van der Waals surface area contributed by atoms with E-state index in [9.17, 15) is 33.6 Å². The molecule has 21 heteroatoms. The van der Waals surface area contributed by atoms with Crippen molar-refractivity contribution in [3.8, 4) is 0 Å². The number of amides is 6. The minimum absolute atomic E-state index is 0.0348. The van der Waals surface area contributed by atoms with Crippen LogP contribution in [0.4, 0.5) is 16.2 Å². The molecule has 0 radical (unpaired) electrons. The molecule has 3 aliphatic rings. The summed E-state index contributed by atoms with van der Waals surface area (Å²) in [6.07, 6.45) is 4.95. The molecule has 3 heterocycles. The smallest absolute Gasteiger partial charge is 0.323 e. The number of carboxylic acids is 1. The van der Waals surface area contributed by atoms with Crippen molar-refractivity contribution in [2.75, 3.05) is 103 Å². The van der Waals surface area contributed by atoms with Crippen molar-refractivity contribution in [1.82, 2.24) is 25.3 Å². The summed E-state index contributed by atoms with van der Waals surface area (Å²) < 4.78 is 28.2. The number of fused-ring (bicyclic) bond motifs is 1. The van der Waals surface area contributed by atoms with Crippen LogP contribution in [0.2, 0.25) is 0 Å². The van der Waals surface area contributed by atoms with Gasteiger partial charge in [-0.1, -0.05) is 67.8 Å². The molecule has 7 N–H and O–H groups in total. The monoisotopic (exact) mass is 1100 g/mol. The third-order valence-corrected chi connectivity index (χ3v) is 13.7. The van der Waals surface area contributed by atoms with Crippen LogP contribution in [0.5, 0.6) is 0 Å². The van der Waals surface area contributed by atoms with E-state index in [2.05, 4.69) is 34.4 Å². The van der Waals surface area contributed by atoms with Crippen LogP contribution in [0.15, 0.2) is 115 Å². The molecule has 1 unspecified atom stereocenters. The van der Waals surface area contributed by atoms with Gasteiger partial charge in [-0.25, -0.2) is 4.79 Å². The van der Waals surface area contributed by atoms with Gasteiger partial charge in [-0.15, -0.1) is 0 Å². The molecule has 21 nitrogen and oxygen atoms in total. The van der Waals surface area contributed by atoms with Gasteiger partial charge in [0.05, 0.1) is 96.1 Å². The highest BCUT2D eigenvalue weighted by atomic mass is 16.6. The summed E-state index contributed by atoms with van der Waals surface area (Å²) in [6, 6.07) is 20.5. The van der Waals surface area contributed by atoms with Gasteiger partial charge < -0.3 is 75.3 Å². The number of anilines is 2. The zero-order valence-electron chi connectivity index (χ0n) is 45.7. The number of nitrogens with two attached hydrogens (primary N) is 1. The molecule has 3 aliphatic heterocycles. The Morgan fingerprint density at radius 1 is 0.738 bits per heavy atom. The Morgan fingerprint density at radius 2 is 1.35 bits per heavy atom. The van der Waals surface area contributed by atoms with E-state index in [1.807, 2.05) is 24.3 Å². The molecule has 3 aromatic carbocycles. The Hall–Kier alpha value is -7.69. The second-order valence-corrected chi connectivity index (χ2v) is 19.4. The highest BCUT2D eigenvalue weighted by Gasteiger charge is 2.37. The minimum Gasteiger partial charge on any atom is -0.481 e. The molecule has 2 saturated heterocycles. The normalized spacial score (nSPS) is 17.6. The Balaban J connectivity index is 0.780. The number of ketones is 1. The highest BCUT2D eigenvalue weighted by molar-refractivity contribution is 6.00. The van der Waals surface area contributed by atoms with Crippen molar-refractivity contribution < 1.29 is 62.4 Å². The number of hydrogen-bond donors (Lipinski definition) is 6. The lowest BCUT2D eigenvalue weighted by molar-refractivity contribution is -0.154. The lowest BCUT2D eigenvalue weighted by atomic mass is 9.93. The second kappa shape index (κ2) is 32.4. The van der Waals surface area contributed by atoms with Crippen molar-refractivity contribution in [2.45, 2.75) is 71.0 Å². The summed E-state index contributed by atoms with van der Waals surface area (Å²) in [5.41, 5.74) is 13.3. The number of benzene rings is 3. The summed E-state index contributed by atoms with van der Waals surface area (Å²) in [7, 11) is 0. The number of urea groups is 1. The topological polar surface area (TPSA) is 270 Å². The maximum absolute atomic E-state index is 13.4. The Kier molecular flexibility index (Phi) is 24.9. The molecule has 6 amide bonds. The molecule has 0 saturated carbocycles. The number of carbonyl (C=O) groups is 7. The first-order valence-electron chi connectivity index (χ1n) is 27.1. The fourth-order valence-corrected chi connectivity index (χ4v) is 9.35. The fourth-order valence-electron chi connectivity index (χ4n) is 9.35. The third-order valence-electron chi connectivity index (χ3n) is 13.7. The lowest BCUT2D eigenvalue weighted by Gasteiger charge is -2.39. The van der Waals surface area contributed by atoms with Gasteiger partial charge in [0.15, 0.2) is 0 Å². The standard InChI is InChI=1S/C59H76N8O13/c1-4-48-50(5-2)67(53(70)19-10-41(3)68)39-45-8-6-7-9-49(45)57(56(48)60)61-23-28-77-31-33-79-35-34-78-32-30-76-27-22-52(69)62-38-44-13-17-47(18-14-44)64-59(75)63-46-15-11-42(12-16-46)36-54(71)66-26-29-80-40-51(66)58(74)65-24-20-43(21-25-65)37-55(72)73/h4-9,11-18,43,51,61H,1-2,10,19-40,60H2,3H3,(H,62,69)(H,72,73)(H2,63,64,75)/b50-48-,57-56-. The first kappa shape index (κ1) is 61.5. The quantitative estimate of drug-likeness (QED) is 0.0472. The third kappa shape index (κ3) is 19.3. The minimum atomic E-state index is -0.841. The van der Waals surface area contributed by atoms with Crippen molar-refractivity contribution in [3.63, 3.8) is 0 Å². The Morgan fingerprint density at radius 3 is 1.96 bits per heavy atom. The van der Waals surface area contributed by atoms with Gasteiger partial charge in [0, 0.05) is 80.9 Å². The largest absolute Gasteiger partial charge is 0.481 e. The first-order valence-corrected chi connectivity index (χ1v) is 27.1. The van der Waals surface area contributed by atoms with Crippen LogP contribution in [-0.2, 0) is 72.0 Å². The predicted molar refractivity (Wildman–Crippen MR) is 300 cm³/mol. The van der Waals surface area contributed by atoms with E-state index in [4.69, 9.17) is 34.5 Å². The van der Waals surface area contributed by atoms with E-state index in [1.54, 1.807) is 75.4 Å². The summed E-state index contributed by atoms with van der Waals surface area (Å²) >= 11 is 0. The number of aliphatic carboxylic acids is 1. The molecule has 1 atom stereocenters. The van der Waals surface area contributed by atoms with Gasteiger partial charge >= 0.3 is 12.0 Å². The van der Waals surface area contributed by atoms with Crippen LogP contribution in [0, 0.1) is 5.92 Å². The van der Waals surface area contributed by atoms with Gasteiger partial charge in [-0.05, 0) is 72.7 Å². The number of morpholine rings is 1. The number of Topliss-reactive ketones (excluding diaryl/α,β-unsaturated/α-hetero) is 1. The fraction of sp³-hybridized carbons (Fsp3) is 0.441. The predicted octanol–water partition coefficient (Wildman–Crippen LogP) is 5.14. The van der Waals surface area contributed by atoms with E-state index in [0.29, 0.717) is 138 Å². The van der Waals surface area contributed by atoms with Crippen LogP contribution >= 0.6 is 0 Å². The van der Waals surface area contributed by atoms with Crippen LogP contribution < -0.4 is 27.0 Å². The number of rotatable bonds is 30. The molecular formula is C59H76N8O13. The molecule has 6 rings (SSSR count). The lowest BCUT2D eigenvalue weighted by Crippen LogP contribution is -2.58. The van der Waals surface area contributed by atoms with Crippen molar-refractivity contribution >= 4 is 58.5 Å². The van der Waals surface area contributed by atoms with E-state index in [1.165, 1.54) is 6.92 Å². The van der Waals surface area contributed by atoms with Crippen molar-refractivity contribution in [3.05, 3.63) is 137 Å². The Labute approximate surface area is 467 Å². The van der Waals surface area contributed by atoms with Crippen LogP contribution in [0.3, 0.4) is 0 Å². The number of carboxylic acid groups (broad SMARTS) is 1. The summed E-state index contributed by atoms with van der Waals surface area (Å²) in [6.45, 7) is 14.8. The first-order chi connectivity index (χ1) is 38.7. The number of nitrogens with one attached hydrogen (secondary N) is 4. The molecule has 430 valence electrons. The number of piperidine rings is 1. The zero-order chi connectivity index (χ0) is 57.2. The van der Waals surface area contributed by atoms with Gasteiger partial charge in [-0.2, -0.15) is 0 Å². The Bertz CT molecular complexity index is 2690. The summed E-state index contributed by atoms with van der Waals surface area (Å²) in [5.74, 6) is -1.63. The van der Waals surface area contributed by atoms with Crippen molar-refractivity contribution in [2.24, 2.45) is 11.7 Å². The van der Waals surface area contributed by atoms with E-state index in [-0.39, 0.29) is 87.2 Å². The van der Waals surface area contributed by atoms with Crippen LogP contribution in [0.1, 0.15) is 67.7 Å². The summed E-state index contributed by atoms with van der Waals surface area (Å²) in [4.78, 5) is 93.1. The SMILES string of the molecule is C=CC1=C(\C=C)N(C(=O)CCC(C)=O)Cc2ccccc2/C(NCCOCCOCCOCCOCCC(=O)NCc2ccc(NC(=O)Nc3ccc(CC(=O)N4CCOCC4C(=O)N4CCC(CC(=O)O)CC4)cc3)cc2)=C\1N. The van der Waals surface area contributed by atoms with Crippen LogP contribution in [-0.4, -0.2) is 160 Å². The van der Waals surface area contributed by atoms with Crippen LogP contribution in [0.25, 0.3) is 5.70 Å². The van der Waals surface area contributed by atoms with E-state index >= 15 is 0 Å².